The van der Waals surface area contributed by atoms with Gasteiger partial charge >= 0.3 is 6.18 Å². The highest BCUT2D eigenvalue weighted by molar-refractivity contribution is 6.35. The van der Waals surface area contributed by atoms with Crippen LogP contribution in [0.3, 0.4) is 0 Å². The van der Waals surface area contributed by atoms with E-state index in [2.05, 4.69) is 20.3 Å². The Bertz CT molecular complexity index is 1180. The molecule has 4 aromatic rings. The fraction of sp³-hybridized carbons (Fsp3) is 0.235. The molecule has 0 saturated heterocycles. The summed E-state index contributed by atoms with van der Waals surface area (Å²) in [6.45, 7) is 3.54. The standard InChI is InChI=1S/C17H12ClF4N5/c1-7(2)15-24-16-12(19)5-10(17(20,21)22)14(27(16)26-15)8-3-9-6-23-25-13(9)11(18)4-8/h3-7H,1-2H3,(H,23,25). The Morgan fingerprint density at radius 2 is 1.93 bits per heavy atom. The number of halogens is 5. The number of benzene rings is 1. The molecule has 0 aliphatic heterocycles. The van der Waals surface area contributed by atoms with Gasteiger partial charge in [-0.3, -0.25) is 5.10 Å². The molecule has 0 unspecified atom stereocenters. The second-order valence-electron chi connectivity index (χ2n) is 6.40. The summed E-state index contributed by atoms with van der Waals surface area (Å²) < 4.78 is 56.3. The number of rotatable bonds is 2. The first-order valence-corrected chi connectivity index (χ1v) is 8.34. The van der Waals surface area contributed by atoms with Gasteiger partial charge in [0.15, 0.2) is 17.3 Å². The van der Waals surface area contributed by atoms with Crippen molar-refractivity contribution in [3.63, 3.8) is 0 Å². The van der Waals surface area contributed by atoms with E-state index in [4.69, 9.17) is 11.6 Å². The number of nitrogens with zero attached hydrogens (tertiary/aromatic N) is 4. The normalized spacial score (nSPS) is 12.6. The minimum absolute atomic E-state index is 0.131. The molecule has 27 heavy (non-hydrogen) atoms. The molecule has 0 saturated carbocycles. The molecule has 140 valence electrons. The lowest BCUT2D eigenvalue weighted by atomic mass is 10.0. The van der Waals surface area contributed by atoms with Crippen LogP contribution < -0.4 is 0 Å². The third-order valence-electron chi connectivity index (χ3n) is 4.17. The summed E-state index contributed by atoms with van der Waals surface area (Å²) in [7, 11) is 0. The summed E-state index contributed by atoms with van der Waals surface area (Å²) in [5.74, 6) is -1.04. The number of fused-ring (bicyclic) bond motifs is 2. The number of H-pyrrole nitrogens is 1. The van der Waals surface area contributed by atoms with Gasteiger partial charge in [-0.2, -0.15) is 23.4 Å². The highest BCUT2D eigenvalue weighted by Gasteiger charge is 2.37. The van der Waals surface area contributed by atoms with E-state index in [1.807, 2.05) is 0 Å². The Kier molecular flexibility index (Phi) is 3.88. The van der Waals surface area contributed by atoms with E-state index >= 15 is 0 Å². The van der Waals surface area contributed by atoms with Crippen molar-refractivity contribution in [1.29, 1.82) is 0 Å². The molecule has 0 amide bonds. The van der Waals surface area contributed by atoms with Gasteiger partial charge in [-0.15, -0.1) is 0 Å². The Balaban J connectivity index is 2.14. The highest BCUT2D eigenvalue weighted by atomic mass is 35.5. The van der Waals surface area contributed by atoms with Gasteiger partial charge in [0.25, 0.3) is 0 Å². The van der Waals surface area contributed by atoms with Crippen molar-refractivity contribution in [3.8, 4) is 11.3 Å². The molecule has 4 rings (SSSR count). The van der Waals surface area contributed by atoms with Crippen molar-refractivity contribution in [2.45, 2.75) is 25.9 Å². The average Bonchev–Trinajstić information content (AvgIpc) is 3.20. The van der Waals surface area contributed by atoms with Crippen molar-refractivity contribution >= 4 is 28.2 Å². The monoisotopic (exact) mass is 397 g/mol. The fourth-order valence-electron chi connectivity index (χ4n) is 2.90. The first-order chi connectivity index (χ1) is 12.7. The van der Waals surface area contributed by atoms with Crippen LogP contribution in [0.15, 0.2) is 24.4 Å². The van der Waals surface area contributed by atoms with Gasteiger partial charge in [-0.25, -0.2) is 13.9 Å². The van der Waals surface area contributed by atoms with E-state index in [-0.39, 0.29) is 33.7 Å². The van der Waals surface area contributed by atoms with E-state index in [1.54, 1.807) is 13.8 Å². The van der Waals surface area contributed by atoms with Crippen LogP contribution >= 0.6 is 11.6 Å². The predicted molar refractivity (Wildman–Crippen MR) is 92.1 cm³/mol. The molecule has 1 aromatic carbocycles. The quantitative estimate of drug-likeness (QED) is 0.472. The maximum absolute atomic E-state index is 14.4. The van der Waals surface area contributed by atoms with Crippen LogP contribution in [-0.4, -0.2) is 24.8 Å². The third kappa shape index (κ3) is 2.82. The largest absolute Gasteiger partial charge is 0.418 e. The van der Waals surface area contributed by atoms with Gasteiger partial charge in [-0.1, -0.05) is 25.4 Å². The first kappa shape index (κ1) is 17.7. The van der Waals surface area contributed by atoms with Gasteiger partial charge in [0.05, 0.1) is 28.0 Å². The number of pyridine rings is 1. The molecule has 0 aliphatic rings. The Morgan fingerprint density at radius 1 is 1.19 bits per heavy atom. The number of nitrogens with one attached hydrogen (secondary N) is 1. The lowest BCUT2D eigenvalue weighted by Gasteiger charge is -2.15. The number of alkyl halides is 3. The van der Waals surface area contributed by atoms with Crippen LogP contribution in [0.5, 0.6) is 0 Å². The molecular formula is C17H12ClF4N5. The lowest BCUT2D eigenvalue weighted by molar-refractivity contribution is -0.137. The van der Waals surface area contributed by atoms with Crippen molar-refractivity contribution < 1.29 is 17.6 Å². The SMILES string of the molecule is CC(C)c1nc2c(F)cc(C(F)(F)F)c(-c3cc(Cl)c4[nH]ncc4c3)n2n1. The Hall–Kier alpha value is -2.68. The summed E-state index contributed by atoms with van der Waals surface area (Å²) in [6, 6.07) is 3.29. The summed E-state index contributed by atoms with van der Waals surface area (Å²) in [5, 5.41) is 11.4. The maximum Gasteiger partial charge on any atom is 0.418 e. The lowest BCUT2D eigenvalue weighted by Crippen LogP contribution is -2.12. The molecule has 0 bridgehead atoms. The second-order valence-corrected chi connectivity index (χ2v) is 6.81. The van der Waals surface area contributed by atoms with E-state index in [0.717, 1.165) is 4.52 Å². The molecule has 0 aliphatic carbocycles. The van der Waals surface area contributed by atoms with Gasteiger partial charge in [0, 0.05) is 16.9 Å². The zero-order chi connectivity index (χ0) is 19.5. The fourth-order valence-corrected chi connectivity index (χ4v) is 3.17. The Labute approximate surface area is 155 Å². The molecule has 0 fully saturated rings. The van der Waals surface area contributed by atoms with E-state index < -0.39 is 17.6 Å². The smallest absolute Gasteiger partial charge is 0.276 e. The first-order valence-electron chi connectivity index (χ1n) is 7.96. The third-order valence-corrected chi connectivity index (χ3v) is 4.47. The molecular weight excluding hydrogens is 386 g/mol. The highest BCUT2D eigenvalue weighted by Crippen LogP contribution is 2.40. The van der Waals surface area contributed by atoms with Crippen molar-refractivity contribution in [2.24, 2.45) is 0 Å². The van der Waals surface area contributed by atoms with E-state index in [9.17, 15) is 17.6 Å². The van der Waals surface area contributed by atoms with E-state index in [1.165, 1.54) is 18.3 Å². The molecule has 5 nitrogen and oxygen atoms in total. The molecule has 10 heteroatoms. The zero-order valence-corrected chi connectivity index (χ0v) is 14.8. The van der Waals surface area contributed by atoms with Crippen molar-refractivity contribution in [1.82, 2.24) is 24.8 Å². The molecule has 3 aromatic heterocycles. The van der Waals surface area contributed by atoms with Crippen LogP contribution in [-0.2, 0) is 6.18 Å². The van der Waals surface area contributed by atoms with Gasteiger partial charge in [0.2, 0.25) is 0 Å². The van der Waals surface area contributed by atoms with Crippen LogP contribution in [0, 0.1) is 5.82 Å². The predicted octanol–water partition coefficient (Wildman–Crippen LogP) is 5.21. The molecule has 3 heterocycles. The van der Waals surface area contributed by atoms with Crippen LogP contribution in [0.4, 0.5) is 17.6 Å². The summed E-state index contributed by atoms with van der Waals surface area (Å²) in [5.41, 5.74) is -1.14. The maximum atomic E-state index is 14.4. The minimum atomic E-state index is -4.80. The van der Waals surface area contributed by atoms with Crippen molar-refractivity contribution in [2.75, 3.05) is 0 Å². The van der Waals surface area contributed by atoms with Crippen LogP contribution in [0.2, 0.25) is 5.02 Å². The second kappa shape index (κ2) is 5.91. The number of hydrogen-bond donors (Lipinski definition) is 1. The van der Waals surface area contributed by atoms with Gasteiger partial charge in [-0.05, 0) is 18.2 Å². The number of aromatic amines is 1. The molecule has 0 radical (unpaired) electrons. The molecule has 0 atom stereocenters. The van der Waals surface area contributed by atoms with E-state index in [0.29, 0.717) is 17.0 Å². The minimum Gasteiger partial charge on any atom is -0.276 e. The summed E-state index contributed by atoms with van der Waals surface area (Å²) in [4.78, 5) is 4.05. The number of hydrogen-bond acceptors (Lipinski definition) is 3. The summed E-state index contributed by atoms with van der Waals surface area (Å²) >= 11 is 6.19. The van der Waals surface area contributed by atoms with Gasteiger partial charge in [0.1, 0.15) is 0 Å². The molecule has 0 spiro atoms. The average molecular weight is 398 g/mol. The van der Waals surface area contributed by atoms with Crippen molar-refractivity contribution in [3.05, 3.63) is 46.6 Å². The Morgan fingerprint density at radius 3 is 2.59 bits per heavy atom. The van der Waals surface area contributed by atoms with Gasteiger partial charge < -0.3 is 0 Å². The topological polar surface area (TPSA) is 58.9 Å². The zero-order valence-electron chi connectivity index (χ0n) is 14.1. The van der Waals surface area contributed by atoms with Crippen LogP contribution in [0.25, 0.3) is 27.8 Å². The number of aromatic nitrogens is 5. The molecule has 1 N–H and O–H groups in total. The van der Waals surface area contributed by atoms with Crippen LogP contribution in [0.1, 0.15) is 31.2 Å². The summed E-state index contributed by atoms with van der Waals surface area (Å²) in [6.07, 6.45) is -3.36.